The number of ether oxygens (including phenoxy) is 1. The predicted molar refractivity (Wildman–Crippen MR) is 155 cm³/mol. The summed E-state index contributed by atoms with van der Waals surface area (Å²) in [5.74, 6) is 0.835. The SMILES string of the molecule is COc1ccccc1-n1c(N(C)[C@@H](C)c2ccccc2)nc2c(c1=O)CCN(C(=O)c1ccc(Cl)c(Cl)c1)C2. The average Bonchev–Trinajstić information content (AvgIpc) is 2.97. The van der Waals surface area contributed by atoms with Crippen molar-refractivity contribution in [3.63, 3.8) is 0 Å². The topological polar surface area (TPSA) is 67.7 Å². The fraction of sp³-hybridized carbons (Fsp3) is 0.233. The lowest BCUT2D eigenvalue weighted by Gasteiger charge is -2.33. The normalized spacial score (nSPS) is 13.5. The van der Waals surface area contributed by atoms with Crippen molar-refractivity contribution in [1.29, 1.82) is 0 Å². The van der Waals surface area contributed by atoms with Crippen LogP contribution in [0.1, 0.15) is 40.1 Å². The molecule has 0 fully saturated rings. The molecule has 1 atom stereocenters. The first-order chi connectivity index (χ1) is 18.8. The maximum atomic E-state index is 14.1. The summed E-state index contributed by atoms with van der Waals surface area (Å²) in [6, 6.07) is 22.2. The van der Waals surface area contributed by atoms with Gasteiger partial charge in [0.15, 0.2) is 0 Å². The predicted octanol–water partition coefficient (Wildman–Crippen LogP) is 5.94. The zero-order valence-electron chi connectivity index (χ0n) is 21.9. The van der Waals surface area contributed by atoms with Crippen LogP contribution in [0.3, 0.4) is 0 Å². The van der Waals surface area contributed by atoms with E-state index in [2.05, 4.69) is 6.92 Å². The molecular weight excluding hydrogens is 535 g/mol. The Morgan fingerprint density at radius 1 is 1.03 bits per heavy atom. The molecular formula is C30H28Cl2N4O3. The highest BCUT2D eigenvalue weighted by atomic mass is 35.5. The molecule has 3 aromatic carbocycles. The van der Waals surface area contributed by atoms with E-state index in [1.54, 1.807) is 34.8 Å². The molecule has 0 unspecified atom stereocenters. The van der Waals surface area contributed by atoms with Crippen LogP contribution < -0.4 is 15.2 Å². The van der Waals surface area contributed by atoms with E-state index >= 15 is 0 Å². The minimum Gasteiger partial charge on any atom is -0.495 e. The average molecular weight is 563 g/mol. The number of hydrogen-bond donors (Lipinski definition) is 0. The summed E-state index contributed by atoms with van der Waals surface area (Å²) in [7, 11) is 3.50. The van der Waals surface area contributed by atoms with Gasteiger partial charge in [0.2, 0.25) is 5.95 Å². The van der Waals surface area contributed by atoms with E-state index in [0.29, 0.717) is 57.2 Å². The van der Waals surface area contributed by atoms with Crippen molar-refractivity contribution in [3.8, 4) is 11.4 Å². The Balaban J connectivity index is 1.61. The molecule has 4 aromatic rings. The molecule has 39 heavy (non-hydrogen) atoms. The van der Waals surface area contributed by atoms with Crippen LogP contribution in [0.25, 0.3) is 5.69 Å². The molecule has 0 N–H and O–H groups in total. The van der Waals surface area contributed by atoms with Gasteiger partial charge in [-0.1, -0.05) is 65.7 Å². The Morgan fingerprint density at radius 3 is 2.46 bits per heavy atom. The van der Waals surface area contributed by atoms with Crippen LogP contribution in [0, 0.1) is 0 Å². The molecule has 1 amide bonds. The number of carbonyl (C=O) groups is 1. The number of rotatable bonds is 6. The summed E-state index contributed by atoms with van der Waals surface area (Å²) in [5.41, 5.74) is 3.11. The van der Waals surface area contributed by atoms with Crippen molar-refractivity contribution >= 4 is 35.1 Å². The van der Waals surface area contributed by atoms with Crippen LogP contribution in [0.4, 0.5) is 5.95 Å². The summed E-state index contributed by atoms with van der Waals surface area (Å²) < 4.78 is 7.23. The molecule has 1 aliphatic rings. The van der Waals surface area contributed by atoms with Crippen molar-refractivity contribution < 1.29 is 9.53 Å². The number of fused-ring (bicyclic) bond motifs is 1. The van der Waals surface area contributed by atoms with Gasteiger partial charge in [-0.15, -0.1) is 0 Å². The van der Waals surface area contributed by atoms with Crippen LogP contribution >= 0.6 is 23.2 Å². The lowest BCUT2D eigenvalue weighted by molar-refractivity contribution is 0.0731. The summed E-state index contributed by atoms with van der Waals surface area (Å²) in [5, 5.41) is 0.701. The Morgan fingerprint density at radius 2 is 1.74 bits per heavy atom. The molecule has 200 valence electrons. The number of aromatic nitrogens is 2. The minimum atomic E-state index is -0.192. The number of carbonyl (C=O) groups excluding carboxylic acids is 1. The number of amides is 1. The highest BCUT2D eigenvalue weighted by Crippen LogP contribution is 2.31. The second-order valence-corrected chi connectivity index (χ2v) is 10.3. The number of para-hydroxylation sites is 2. The molecule has 0 saturated carbocycles. The van der Waals surface area contributed by atoms with Gasteiger partial charge >= 0.3 is 0 Å². The van der Waals surface area contributed by atoms with Gasteiger partial charge in [0.1, 0.15) is 5.75 Å². The lowest BCUT2D eigenvalue weighted by Crippen LogP contribution is -2.42. The van der Waals surface area contributed by atoms with Crippen molar-refractivity contribution in [2.75, 3.05) is 25.6 Å². The van der Waals surface area contributed by atoms with E-state index in [0.717, 1.165) is 5.56 Å². The fourth-order valence-electron chi connectivity index (χ4n) is 4.86. The number of benzene rings is 3. The largest absolute Gasteiger partial charge is 0.495 e. The standard InChI is InChI=1S/C30H28Cl2N4O3/c1-19(20-9-5-4-6-10-20)34(2)30-33-25-18-35(28(37)21-13-14-23(31)24(32)17-21)16-15-22(25)29(38)36(30)26-11-7-8-12-27(26)39-3/h4-14,17,19H,15-16,18H2,1-3H3/t19-/m0/s1. The van der Waals surface area contributed by atoms with E-state index in [1.165, 1.54) is 0 Å². The van der Waals surface area contributed by atoms with Gasteiger partial charge in [0.25, 0.3) is 11.5 Å². The van der Waals surface area contributed by atoms with Crippen LogP contribution in [-0.2, 0) is 13.0 Å². The van der Waals surface area contributed by atoms with Crippen LogP contribution in [0.2, 0.25) is 10.0 Å². The molecule has 5 rings (SSSR count). The molecule has 2 heterocycles. The van der Waals surface area contributed by atoms with Gasteiger partial charge in [-0.05, 0) is 49.2 Å². The quantitative estimate of drug-likeness (QED) is 0.290. The van der Waals surface area contributed by atoms with E-state index in [-0.39, 0.29) is 24.1 Å². The Labute approximate surface area is 237 Å². The van der Waals surface area contributed by atoms with Crippen LogP contribution in [0.5, 0.6) is 5.75 Å². The number of methoxy groups -OCH3 is 1. The first kappa shape index (κ1) is 26.8. The van der Waals surface area contributed by atoms with Crippen molar-refractivity contribution in [3.05, 3.63) is 116 Å². The molecule has 0 aliphatic carbocycles. The van der Waals surface area contributed by atoms with Crippen molar-refractivity contribution in [1.82, 2.24) is 14.5 Å². The maximum Gasteiger partial charge on any atom is 0.263 e. The van der Waals surface area contributed by atoms with Crippen LogP contribution in [-0.4, -0.2) is 41.1 Å². The third-order valence-electron chi connectivity index (χ3n) is 7.18. The van der Waals surface area contributed by atoms with Gasteiger partial charge in [-0.2, -0.15) is 0 Å². The summed E-state index contributed by atoms with van der Waals surface area (Å²) in [6.45, 7) is 2.65. The van der Waals surface area contributed by atoms with Crippen LogP contribution in [0.15, 0.2) is 77.6 Å². The van der Waals surface area contributed by atoms with Gasteiger partial charge in [0, 0.05) is 24.7 Å². The fourth-order valence-corrected chi connectivity index (χ4v) is 5.16. The summed E-state index contributed by atoms with van der Waals surface area (Å²) in [6.07, 6.45) is 0.377. The van der Waals surface area contributed by atoms with Crippen molar-refractivity contribution in [2.45, 2.75) is 25.9 Å². The molecule has 1 aromatic heterocycles. The van der Waals surface area contributed by atoms with Gasteiger partial charge in [-0.3, -0.25) is 9.59 Å². The maximum absolute atomic E-state index is 14.1. The highest BCUT2D eigenvalue weighted by Gasteiger charge is 2.30. The van der Waals surface area contributed by atoms with Gasteiger partial charge < -0.3 is 14.5 Å². The van der Waals surface area contributed by atoms with Gasteiger partial charge in [0.05, 0.1) is 41.1 Å². The van der Waals surface area contributed by atoms with Crippen molar-refractivity contribution in [2.24, 2.45) is 0 Å². The van der Waals surface area contributed by atoms with E-state index in [4.69, 9.17) is 32.9 Å². The number of nitrogens with zero attached hydrogens (tertiary/aromatic N) is 4. The first-order valence-electron chi connectivity index (χ1n) is 12.6. The number of anilines is 1. The van der Waals surface area contributed by atoms with E-state index < -0.39 is 0 Å². The third-order valence-corrected chi connectivity index (χ3v) is 7.91. The Kier molecular flexibility index (Phi) is 7.64. The third kappa shape index (κ3) is 5.12. The number of hydrogen-bond acceptors (Lipinski definition) is 5. The van der Waals surface area contributed by atoms with E-state index in [9.17, 15) is 9.59 Å². The highest BCUT2D eigenvalue weighted by molar-refractivity contribution is 6.42. The molecule has 0 spiro atoms. The minimum absolute atomic E-state index is 0.0883. The lowest BCUT2D eigenvalue weighted by atomic mass is 10.0. The summed E-state index contributed by atoms with van der Waals surface area (Å²) in [4.78, 5) is 36.1. The Hall–Kier alpha value is -3.81. The second-order valence-electron chi connectivity index (χ2n) is 9.45. The molecule has 0 saturated heterocycles. The molecule has 0 radical (unpaired) electrons. The molecule has 1 aliphatic heterocycles. The zero-order valence-corrected chi connectivity index (χ0v) is 23.4. The first-order valence-corrected chi connectivity index (χ1v) is 13.4. The number of halogens is 2. The second kappa shape index (κ2) is 11.1. The molecule has 9 heteroatoms. The zero-order chi connectivity index (χ0) is 27.7. The van der Waals surface area contributed by atoms with E-state index in [1.807, 2.05) is 66.5 Å². The Bertz CT molecular complexity index is 1590. The monoisotopic (exact) mass is 562 g/mol. The smallest absolute Gasteiger partial charge is 0.263 e. The van der Waals surface area contributed by atoms with Gasteiger partial charge in [-0.25, -0.2) is 9.55 Å². The summed E-state index contributed by atoms with van der Waals surface area (Å²) >= 11 is 12.2. The molecule has 0 bridgehead atoms. The molecule has 7 nitrogen and oxygen atoms in total.